The number of carbonyl (C=O) groups excluding carboxylic acids is 1. The minimum atomic E-state index is -0.185. The van der Waals surface area contributed by atoms with E-state index in [-0.39, 0.29) is 17.4 Å². The van der Waals surface area contributed by atoms with E-state index in [4.69, 9.17) is 4.42 Å². The Hall–Kier alpha value is -2.07. The molecule has 1 aliphatic heterocycles. The monoisotopic (exact) mass is 354 g/mol. The van der Waals surface area contributed by atoms with Crippen LogP contribution in [0.5, 0.6) is 0 Å². The van der Waals surface area contributed by atoms with Gasteiger partial charge in [-0.05, 0) is 56.0 Å². The molecule has 1 N–H and O–H groups in total. The molecule has 1 saturated heterocycles. The molecule has 1 amide bonds. The van der Waals surface area contributed by atoms with E-state index in [1.807, 2.05) is 37.3 Å². The SMILES string of the molecule is Cc1ccc(C(CNC(=O)CC(C)(C)c2ccccc2)N2CCCC2)o1. The van der Waals surface area contributed by atoms with Gasteiger partial charge in [0.2, 0.25) is 5.91 Å². The van der Waals surface area contributed by atoms with E-state index in [9.17, 15) is 4.79 Å². The number of furan rings is 1. The van der Waals surface area contributed by atoms with E-state index in [0.29, 0.717) is 13.0 Å². The van der Waals surface area contributed by atoms with Crippen LogP contribution in [0.3, 0.4) is 0 Å². The molecule has 2 heterocycles. The number of hydrogen-bond donors (Lipinski definition) is 1. The standard InChI is InChI=1S/C22H30N2O2/c1-17-11-12-20(26-17)19(24-13-7-8-14-24)16-23-21(25)15-22(2,3)18-9-5-4-6-10-18/h4-6,9-12,19H,7-8,13-16H2,1-3H3,(H,23,25). The Morgan fingerprint density at radius 3 is 2.46 bits per heavy atom. The topological polar surface area (TPSA) is 45.5 Å². The second-order valence-corrected chi connectivity index (χ2v) is 7.94. The fourth-order valence-electron chi connectivity index (χ4n) is 3.76. The van der Waals surface area contributed by atoms with Crippen LogP contribution in [0.25, 0.3) is 0 Å². The molecule has 0 spiro atoms. The average molecular weight is 354 g/mol. The van der Waals surface area contributed by atoms with Gasteiger partial charge in [0.1, 0.15) is 11.5 Å². The number of rotatable bonds is 7. The lowest BCUT2D eigenvalue weighted by molar-refractivity contribution is -0.122. The molecule has 0 radical (unpaired) electrons. The highest BCUT2D eigenvalue weighted by molar-refractivity contribution is 5.77. The normalized spacial score (nSPS) is 16.6. The highest BCUT2D eigenvalue weighted by Gasteiger charge is 2.28. The maximum atomic E-state index is 12.6. The number of nitrogens with zero attached hydrogens (tertiary/aromatic N) is 1. The van der Waals surface area contributed by atoms with Gasteiger partial charge in [0.15, 0.2) is 0 Å². The van der Waals surface area contributed by atoms with Gasteiger partial charge in [-0.1, -0.05) is 44.2 Å². The largest absolute Gasteiger partial charge is 0.465 e. The van der Waals surface area contributed by atoms with Crippen molar-refractivity contribution in [2.45, 2.75) is 51.5 Å². The molecule has 2 aromatic rings. The Labute approximate surface area is 156 Å². The second kappa shape index (κ2) is 8.09. The van der Waals surface area contributed by atoms with Gasteiger partial charge in [-0.25, -0.2) is 0 Å². The van der Waals surface area contributed by atoms with Crippen molar-refractivity contribution >= 4 is 5.91 Å². The molecule has 0 saturated carbocycles. The summed E-state index contributed by atoms with van der Waals surface area (Å²) in [6.45, 7) is 8.93. The average Bonchev–Trinajstić information content (AvgIpc) is 3.28. The Morgan fingerprint density at radius 2 is 1.85 bits per heavy atom. The van der Waals surface area contributed by atoms with Crippen molar-refractivity contribution in [1.29, 1.82) is 0 Å². The van der Waals surface area contributed by atoms with Gasteiger partial charge in [0.05, 0.1) is 6.04 Å². The molecule has 1 fully saturated rings. The van der Waals surface area contributed by atoms with Crippen LogP contribution in [0.4, 0.5) is 0 Å². The van der Waals surface area contributed by atoms with Gasteiger partial charge >= 0.3 is 0 Å². The first-order valence-electron chi connectivity index (χ1n) is 9.58. The maximum Gasteiger partial charge on any atom is 0.220 e. The van der Waals surface area contributed by atoms with E-state index in [0.717, 1.165) is 24.6 Å². The lowest BCUT2D eigenvalue weighted by Gasteiger charge is -2.28. The molecule has 0 aliphatic carbocycles. The lowest BCUT2D eigenvalue weighted by Crippen LogP contribution is -2.38. The summed E-state index contributed by atoms with van der Waals surface area (Å²) in [5.74, 6) is 1.96. The van der Waals surface area contributed by atoms with Crippen molar-refractivity contribution in [2.75, 3.05) is 19.6 Å². The van der Waals surface area contributed by atoms with Gasteiger partial charge in [0, 0.05) is 13.0 Å². The summed E-state index contributed by atoms with van der Waals surface area (Å²) in [4.78, 5) is 15.0. The second-order valence-electron chi connectivity index (χ2n) is 7.94. The molecule has 26 heavy (non-hydrogen) atoms. The zero-order chi connectivity index (χ0) is 18.6. The zero-order valence-electron chi connectivity index (χ0n) is 16.1. The first-order valence-corrected chi connectivity index (χ1v) is 9.58. The molecule has 3 rings (SSSR count). The first kappa shape index (κ1) is 18.7. The summed E-state index contributed by atoms with van der Waals surface area (Å²) in [5, 5.41) is 3.15. The summed E-state index contributed by atoms with van der Waals surface area (Å²) in [6, 6.07) is 14.4. The highest BCUT2D eigenvalue weighted by Crippen LogP contribution is 2.28. The van der Waals surface area contributed by atoms with Crippen LogP contribution >= 0.6 is 0 Å². The first-order chi connectivity index (χ1) is 12.5. The van der Waals surface area contributed by atoms with Crippen molar-refractivity contribution in [3.8, 4) is 0 Å². The smallest absolute Gasteiger partial charge is 0.220 e. The fourth-order valence-corrected chi connectivity index (χ4v) is 3.76. The minimum Gasteiger partial charge on any atom is -0.465 e. The van der Waals surface area contributed by atoms with Crippen molar-refractivity contribution in [3.63, 3.8) is 0 Å². The number of hydrogen-bond acceptors (Lipinski definition) is 3. The van der Waals surface area contributed by atoms with E-state index in [2.05, 4.69) is 36.2 Å². The summed E-state index contributed by atoms with van der Waals surface area (Å²) >= 11 is 0. The molecule has 4 nitrogen and oxygen atoms in total. The number of likely N-dealkylation sites (tertiary alicyclic amines) is 1. The third-order valence-electron chi connectivity index (χ3n) is 5.32. The lowest BCUT2D eigenvalue weighted by atomic mass is 9.81. The molecular formula is C22H30N2O2. The van der Waals surface area contributed by atoms with Crippen molar-refractivity contribution in [1.82, 2.24) is 10.2 Å². The Bertz CT molecular complexity index is 715. The molecule has 1 unspecified atom stereocenters. The number of amides is 1. The van der Waals surface area contributed by atoms with Crippen LogP contribution < -0.4 is 5.32 Å². The maximum absolute atomic E-state index is 12.6. The quantitative estimate of drug-likeness (QED) is 0.810. The van der Waals surface area contributed by atoms with Crippen molar-refractivity contribution < 1.29 is 9.21 Å². The molecule has 1 aliphatic rings. The molecule has 4 heteroatoms. The number of carbonyl (C=O) groups is 1. The summed E-state index contributed by atoms with van der Waals surface area (Å²) in [7, 11) is 0. The van der Waals surface area contributed by atoms with Crippen LogP contribution in [0.1, 0.15) is 56.2 Å². The van der Waals surface area contributed by atoms with Gasteiger partial charge < -0.3 is 9.73 Å². The molecule has 1 atom stereocenters. The number of aryl methyl sites for hydroxylation is 1. The Morgan fingerprint density at radius 1 is 1.15 bits per heavy atom. The van der Waals surface area contributed by atoms with Gasteiger partial charge in [-0.3, -0.25) is 9.69 Å². The Balaban J connectivity index is 1.62. The zero-order valence-corrected chi connectivity index (χ0v) is 16.1. The van der Waals surface area contributed by atoms with Gasteiger partial charge in [-0.15, -0.1) is 0 Å². The summed E-state index contributed by atoms with van der Waals surface area (Å²) < 4.78 is 5.87. The number of benzene rings is 1. The van der Waals surface area contributed by atoms with Gasteiger partial charge in [0.25, 0.3) is 0 Å². The van der Waals surface area contributed by atoms with Crippen molar-refractivity contribution in [3.05, 3.63) is 59.5 Å². The number of nitrogens with one attached hydrogen (secondary N) is 1. The minimum absolute atomic E-state index is 0.0892. The van der Waals surface area contributed by atoms with E-state index < -0.39 is 0 Å². The fraction of sp³-hybridized carbons (Fsp3) is 0.500. The highest BCUT2D eigenvalue weighted by atomic mass is 16.3. The van der Waals surface area contributed by atoms with Crippen LogP contribution in [0.2, 0.25) is 0 Å². The van der Waals surface area contributed by atoms with Crippen LogP contribution in [0.15, 0.2) is 46.9 Å². The predicted octanol–water partition coefficient (Wildman–Crippen LogP) is 4.21. The predicted molar refractivity (Wildman–Crippen MR) is 104 cm³/mol. The van der Waals surface area contributed by atoms with Crippen molar-refractivity contribution in [2.24, 2.45) is 0 Å². The van der Waals surface area contributed by atoms with E-state index >= 15 is 0 Å². The van der Waals surface area contributed by atoms with Crippen LogP contribution in [-0.2, 0) is 10.2 Å². The van der Waals surface area contributed by atoms with Gasteiger partial charge in [-0.2, -0.15) is 0 Å². The van der Waals surface area contributed by atoms with Crippen LogP contribution in [0, 0.1) is 6.92 Å². The molecule has 1 aromatic carbocycles. The van der Waals surface area contributed by atoms with Crippen LogP contribution in [-0.4, -0.2) is 30.4 Å². The van der Waals surface area contributed by atoms with E-state index in [1.54, 1.807) is 0 Å². The third-order valence-corrected chi connectivity index (χ3v) is 5.32. The molecular weight excluding hydrogens is 324 g/mol. The Kier molecular flexibility index (Phi) is 5.82. The summed E-state index contributed by atoms with van der Waals surface area (Å²) in [5.41, 5.74) is 1.00. The van der Waals surface area contributed by atoms with E-state index in [1.165, 1.54) is 18.4 Å². The summed E-state index contributed by atoms with van der Waals surface area (Å²) in [6.07, 6.45) is 2.90. The molecule has 0 bridgehead atoms. The third kappa shape index (κ3) is 4.55. The molecule has 140 valence electrons. The molecule has 1 aromatic heterocycles.